The Labute approximate surface area is 269 Å². The Hall–Kier alpha value is -4.19. The molecule has 1 unspecified atom stereocenters. The maximum atomic E-state index is 14.6. The Balaban J connectivity index is 1.61. The normalized spacial score (nSPS) is 17.1. The highest BCUT2D eigenvalue weighted by molar-refractivity contribution is 8.06. The molecule has 2 aliphatic carbocycles. The van der Waals surface area contributed by atoms with E-state index in [9.17, 15) is 30.8 Å². The van der Waals surface area contributed by atoms with Gasteiger partial charge >= 0.3 is 0 Å². The maximum Gasteiger partial charge on any atom is 0.267 e. The van der Waals surface area contributed by atoms with E-state index in [4.69, 9.17) is 15.4 Å². The quantitative estimate of drug-likeness (QED) is 0.0965. The van der Waals surface area contributed by atoms with E-state index in [1.807, 2.05) is 6.08 Å². The molecule has 0 bridgehead atoms. The molecule has 47 heavy (non-hydrogen) atoms. The van der Waals surface area contributed by atoms with Gasteiger partial charge in [-0.1, -0.05) is 17.7 Å². The number of aryl methyl sites for hydroxylation is 2. The highest BCUT2D eigenvalue weighted by Crippen LogP contribution is 2.42. The number of benzene rings is 2. The van der Waals surface area contributed by atoms with E-state index in [1.54, 1.807) is 39.0 Å². The van der Waals surface area contributed by atoms with Crippen molar-refractivity contribution in [2.75, 3.05) is 6.26 Å². The fourth-order valence-electron chi connectivity index (χ4n) is 6.72. The summed E-state index contributed by atoms with van der Waals surface area (Å²) in [6.07, 6.45) is 3.56. The number of nitrogens with zero attached hydrogens (tertiary/aromatic N) is 3. The predicted octanol–water partition coefficient (Wildman–Crippen LogP) is 7.30. The molecule has 0 saturated heterocycles. The molecule has 1 N–H and O–H groups in total. The highest BCUT2D eigenvalue weighted by Gasteiger charge is 2.36. The van der Waals surface area contributed by atoms with E-state index in [-0.39, 0.29) is 60.4 Å². The van der Waals surface area contributed by atoms with Gasteiger partial charge in [-0.15, -0.1) is 0 Å². The van der Waals surface area contributed by atoms with Gasteiger partial charge in [0.1, 0.15) is 17.5 Å². The van der Waals surface area contributed by atoms with Crippen LogP contribution in [0, 0.1) is 37.8 Å². The van der Waals surface area contributed by atoms with Crippen molar-refractivity contribution < 1.29 is 26.0 Å². The van der Waals surface area contributed by atoms with Crippen LogP contribution in [0.4, 0.5) is 17.6 Å². The smallest absolute Gasteiger partial charge is 0.267 e. The van der Waals surface area contributed by atoms with Crippen molar-refractivity contribution in [2.45, 2.75) is 77.1 Å². The molecular formula is C35H34F4N4O3S. The van der Waals surface area contributed by atoms with Crippen LogP contribution in [0.3, 0.4) is 0 Å². The Morgan fingerprint density at radius 1 is 1.02 bits per heavy atom. The van der Waals surface area contributed by atoms with Crippen molar-refractivity contribution in [2.24, 2.45) is 0 Å². The third-order valence-electron chi connectivity index (χ3n) is 9.26. The third-order valence-corrected chi connectivity index (χ3v) is 10.2. The van der Waals surface area contributed by atoms with Crippen LogP contribution in [0.25, 0.3) is 16.7 Å². The Bertz CT molecular complexity index is 2150. The molecule has 0 radical (unpaired) electrons. The molecular weight excluding hydrogens is 632 g/mol. The molecule has 0 spiro atoms. The van der Waals surface area contributed by atoms with Gasteiger partial charge in [0.25, 0.3) is 5.56 Å². The number of rotatable bonds is 7. The summed E-state index contributed by atoms with van der Waals surface area (Å²) < 4.78 is 82.8. The Kier molecular flexibility index (Phi) is 8.22. The lowest BCUT2D eigenvalue weighted by Gasteiger charge is -2.28. The number of halogens is 4. The molecule has 2 aliphatic rings. The summed E-state index contributed by atoms with van der Waals surface area (Å²) in [6, 6.07) is 8.28. The second kappa shape index (κ2) is 11.8. The summed E-state index contributed by atoms with van der Waals surface area (Å²) in [5.41, 5.74) is 3.40. The second-order valence-corrected chi connectivity index (χ2v) is 14.8. The first-order valence-electron chi connectivity index (χ1n) is 15.4. The van der Waals surface area contributed by atoms with Crippen molar-refractivity contribution in [1.82, 2.24) is 14.5 Å². The fourth-order valence-corrected chi connectivity index (χ4v) is 7.41. The number of hydrogen-bond acceptors (Lipinski definition) is 6. The highest BCUT2D eigenvalue weighted by atomic mass is 32.2. The van der Waals surface area contributed by atoms with Gasteiger partial charge in [-0.25, -0.2) is 35.9 Å². The van der Waals surface area contributed by atoms with E-state index in [0.717, 1.165) is 17.9 Å². The number of allylic oxidation sites excluding steroid dienone is 2. The molecule has 7 nitrogen and oxygen atoms in total. The van der Waals surface area contributed by atoms with Crippen LogP contribution in [0.2, 0.25) is 0 Å². The van der Waals surface area contributed by atoms with Crippen molar-refractivity contribution >= 4 is 25.9 Å². The third kappa shape index (κ3) is 6.39. The second-order valence-electron chi connectivity index (χ2n) is 12.8. The standard InChI is InChI=1S/C35H34F4N4O3S/c1-18-5-8-28(20(3)29(18)31(40)47(4,45)46)43-33(26(22-6-7-22)16-21-14-24(36)17-25(37)15-21)42-32-30(34(43)44)19(2)13-27(41-32)23-9-11-35(38,39)12-10-23/h5-6,8,13-15,17,23,26,40H,7,9-12,16H2,1-4H3. The van der Waals surface area contributed by atoms with Crippen LogP contribution >= 0.6 is 0 Å². The van der Waals surface area contributed by atoms with Gasteiger partial charge < -0.3 is 0 Å². The first kappa shape index (κ1) is 32.7. The summed E-state index contributed by atoms with van der Waals surface area (Å²) in [7, 11) is -3.91. The molecule has 2 aromatic carbocycles. The molecule has 2 aromatic heterocycles. The van der Waals surface area contributed by atoms with Gasteiger partial charge in [0.05, 0.1) is 11.1 Å². The number of nitrogens with one attached hydrogen (secondary N) is 1. The van der Waals surface area contributed by atoms with E-state index < -0.39 is 43.9 Å². The van der Waals surface area contributed by atoms with E-state index in [1.165, 1.54) is 16.7 Å². The number of alkyl halides is 2. The zero-order valence-corrected chi connectivity index (χ0v) is 27.2. The molecule has 246 valence electrons. The summed E-state index contributed by atoms with van der Waals surface area (Å²) in [5.74, 6) is -4.81. The number of aromatic nitrogens is 3. The van der Waals surface area contributed by atoms with Crippen LogP contribution in [0.5, 0.6) is 0 Å². The molecule has 4 aromatic rings. The van der Waals surface area contributed by atoms with Crippen LogP contribution in [0.15, 0.2) is 52.8 Å². The van der Waals surface area contributed by atoms with Crippen LogP contribution in [-0.4, -0.2) is 40.2 Å². The number of sulfone groups is 1. The molecule has 6 rings (SSSR count). The van der Waals surface area contributed by atoms with Crippen LogP contribution < -0.4 is 5.56 Å². The lowest BCUT2D eigenvalue weighted by Crippen LogP contribution is -2.29. The number of pyridine rings is 1. The molecule has 12 heteroatoms. The number of hydrogen-bond donors (Lipinski definition) is 1. The average molecular weight is 667 g/mol. The molecule has 2 heterocycles. The fraction of sp³-hybridized carbons (Fsp3) is 0.371. The predicted molar refractivity (Wildman–Crippen MR) is 173 cm³/mol. The van der Waals surface area contributed by atoms with Crippen LogP contribution in [-0.2, 0) is 16.3 Å². The van der Waals surface area contributed by atoms with E-state index in [0.29, 0.717) is 40.1 Å². The number of fused-ring (bicyclic) bond motifs is 1. The van der Waals surface area contributed by atoms with E-state index >= 15 is 0 Å². The molecule has 0 aliphatic heterocycles. The Morgan fingerprint density at radius 3 is 2.26 bits per heavy atom. The first-order valence-corrected chi connectivity index (χ1v) is 17.3. The zero-order chi connectivity index (χ0) is 34.0. The largest absolute Gasteiger partial charge is 0.289 e. The van der Waals surface area contributed by atoms with Gasteiger partial charge in [0.15, 0.2) is 20.5 Å². The summed E-state index contributed by atoms with van der Waals surface area (Å²) in [6.45, 7) is 5.06. The van der Waals surface area contributed by atoms with Crippen molar-refractivity contribution in [1.29, 1.82) is 5.41 Å². The van der Waals surface area contributed by atoms with Gasteiger partial charge in [-0.2, -0.15) is 0 Å². The van der Waals surface area contributed by atoms with Crippen molar-refractivity contribution in [3.8, 4) is 5.69 Å². The SMILES string of the molecule is Cc1ccc(-n2c(C(Cc3cc(F)cc(F)c3)C3=CC3)nc3nc(C4CCC(F)(F)CC4)cc(C)c3c2=O)c(C)c1C(=N)S(C)(=O)=O. The minimum Gasteiger partial charge on any atom is -0.289 e. The van der Waals surface area contributed by atoms with E-state index in [2.05, 4.69) is 0 Å². The van der Waals surface area contributed by atoms with Crippen molar-refractivity contribution in [3.05, 3.63) is 109 Å². The van der Waals surface area contributed by atoms with Gasteiger partial charge in [0.2, 0.25) is 5.92 Å². The van der Waals surface area contributed by atoms with Gasteiger partial charge in [-0.05, 0) is 93.0 Å². The molecule has 1 saturated carbocycles. The lowest BCUT2D eigenvalue weighted by molar-refractivity contribution is -0.0384. The van der Waals surface area contributed by atoms with Gasteiger partial charge in [-0.3, -0.25) is 14.8 Å². The van der Waals surface area contributed by atoms with Crippen LogP contribution in [0.1, 0.15) is 83.3 Å². The minimum absolute atomic E-state index is 0.103. The van der Waals surface area contributed by atoms with Gasteiger partial charge in [0, 0.05) is 48.3 Å². The van der Waals surface area contributed by atoms with Crippen molar-refractivity contribution in [3.63, 3.8) is 0 Å². The molecule has 1 fully saturated rings. The summed E-state index contributed by atoms with van der Waals surface area (Å²) >= 11 is 0. The first-order chi connectivity index (χ1) is 22.0. The molecule has 0 amide bonds. The minimum atomic E-state index is -3.91. The summed E-state index contributed by atoms with van der Waals surface area (Å²) in [5, 5.41) is 8.08. The topological polar surface area (TPSA) is 106 Å². The zero-order valence-electron chi connectivity index (χ0n) is 26.4. The lowest BCUT2D eigenvalue weighted by atomic mass is 9.84. The average Bonchev–Trinajstić information content (AvgIpc) is 3.81. The maximum absolute atomic E-state index is 14.6. The molecule has 1 atom stereocenters. The summed E-state index contributed by atoms with van der Waals surface area (Å²) in [4.78, 5) is 24.3. The Morgan fingerprint density at radius 2 is 1.66 bits per heavy atom. The monoisotopic (exact) mass is 666 g/mol.